The number of hydrogen-bond donors (Lipinski definition) is 2. The van der Waals surface area contributed by atoms with Gasteiger partial charge in [-0.25, -0.2) is 0 Å². The van der Waals surface area contributed by atoms with Gasteiger partial charge in [0, 0.05) is 44.2 Å². The summed E-state index contributed by atoms with van der Waals surface area (Å²) in [5.74, 6) is 0.0419. The van der Waals surface area contributed by atoms with Crippen LogP contribution in [0.1, 0.15) is 36.2 Å². The van der Waals surface area contributed by atoms with Gasteiger partial charge in [-0.05, 0) is 31.5 Å². The minimum absolute atomic E-state index is 0. The Morgan fingerprint density at radius 1 is 1.24 bits per heavy atom. The molecule has 1 unspecified atom stereocenters. The van der Waals surface area contributed by atoms with Crippen molar-refractivity contribution in [1.82, 2.24) is 15.5 Å². The Kier molecular flexibility index (Phi) is 9.49. The molecule has 1 aliphatic heterocycles. The highest BCUT2D eigenvalue weighted by atomic mass is 35.5. The van der Waals surface area contributed by atoms with Gasteiger partial charge in [-0.3, -0.25) is 9.59 Å². The highest BCUT2D eigenvalue weighted by Crippen LogP contribution is 2.08. The Bertz CT molecular complexity index is 541. The van der Waals surface area contributed by atoms with Crippen molar-refractivity contribution in [2.24, 2.45) is 0 Å². The van der Waals surface area contributed by atoms with Crippen LogP contribution in [0.2, 0.25) is 0 Å². The molecule has 0 radical (unpaired) electrons. The van der Waals surface area contributed by atoms with Crippen molar-refractivity contribution in [2.45, 2.75) is 32.9 Å². The van der Waals surface area contributed by atoms with Crippen molar-refractivity contribution in [3.63, 3.8) is 0 Å². The molecule has 0 saturated carbocycles. The monoisotopic (exact) mass is 369 g/mol. The average Bonchev–Trinajstić information content (AvgIpc) is 2.62. The minimum atomic E-state index is 0. The lowest BCUT2D eigenvalue weighted by Gasteiger charge is -2.23. The molecular weight excluding hydrogens is 342 g/mol. The predicted octanol–water partition coefficient (Wildman–Crippen LogP) is 1.59. The second-order valence-corrected chi connectivity index (χ2v) is 5.88. The Hall–Kier alpha value is -1.63. The molecule has 6 nitrogen and oxygen atoms in total. The number of hydrogen-bond acceptors (Lipinski definition) is 4. The number of amides is 2. The van der Waals surface area contributed by atoms with Crippen LogP contribution >= 0.6 is 12.4 Å². The summed E-state index contributed by atoms with van der Waals surface area (Å²) in [4.78, 5) is 26.0. The van der Waals surface area contributed by atoms with Crippen LogP contribution in [0.15, 0.2) is 24.3 Å². The lowest BCUT2D eigenvalue weighted by molar-refractivity contribution is -0.122. The van der Waals surface area contributed by atoms with Gasteiger partial charge in [-0.15, -0.1) is 12.4 Å². The van der Waals surface area contributed by atoms with Crippen LogP contribution in [-0.2, 0) is 16.1 Å². The molecule has 0 bridgehead atoms. The quantitative estimate of drug-likeness (QED) is 0.765. The average molecular weight is 370 g/mol. The summed E-state index contributed by atoms with van der Waals surface area (Å²) < 4.78 is 5.34. The second-order valence-electron chi connectivity index (χ2n) is 5.88. The zero-order chi connectivity index (χ0) is 17.4. The third-order valence-corrected chi connectivity index (χ3v) is 4.17. The smallest absolute Gasteiger partial charge is 0.253 e. The van der Waals surface area contributed by atoms with E-state index in [1.54, 1.807) is 4.90 Å². The molecule has 1 atom stereocenters. The fourth-order valence-electron chi connectivity index (χ4n) is 2.71. The maximum absolute atomic E-state index is 12.2. The maximum Gasteiger partial charge on any atom is 0.253 e. The zero-order valence-corrected chi connectivity index (χ0v) is 15.7. The molecule has 0 aromatic heterocycles. The molecule has 140 valence electrons. The van der Waals surface area contributed by atoms with Crippen LogP contribution in [-0.4, -0.2) is 55.6 Å². The van der Waals surface area contributed by atoms with Crippen molar-refractivity contribution in [3.8, 4) is 0 Å². The summed E-state index contributed by atoms with van der Waals surface area (Å²) in [6.07, 6.45) is 0.415. The molecule has 0 spiro atoms. The summed E-state index contributed by atoms with van der Waals surface area (Å²) in [6, 6.07) is 7.50. The number of nitrogens with one attached hydrogen (secondary N) is 2. The molecule has 1 saturated heterocycles. The molecule has 2 rings (SSSR count). The first-order valence-electron chi connectivity index (χ1n) is 8.60. The van der Waals surface area contributed by atoms with Crippen LogP contribution in [0.25, 0.3) is 0 Å². The fourth-order valence-corrected chi connectivity index (χ4v) is 2.71. The molecule has 1 aromatic rings. The maximum atomic E-state index is 12.2. The largest absolute Gasteiger partial charge is 0.378 e. The number of halogens is 1. The van der Waals surface area contributed by atoms with Crippen molar-refractivity contribution in [2.75, 3.05) is 32.8 Å². The van der Waals surface area contributed by atoms with Crippen LogP contribution in [0.3, 0.4) is 0 Å². The standard InChI is InChI=1S/C18H27N3O3.ClH/c1-3-21(4-2)18(23)15-7-5-14(6-8-15)12-20-17(22)11-16-13-24-10-9-19-16;/h5-8,16,19H,3-4,9-13H2,1-2H3,(H,20,22);1H. The molecule has 1 fully saturated rings. The van der Waals surface area contributed by atoms with E-state index in [4.69, 9.17) is 4.74 Å². The van der Waals surface area contributed by atoms with Crippen molar-refractivity contribution < 1.29 is 14.3 Å². The summed E-state index contributed by atoms with van der Waals surface area (Å²) in [5.41, 5.74) is 1.66. The van der Waals surface area contributed by atoms with E-state index < -0.39 is 0 Å². The van der Waals surface area contributed by atoms with Gasteiger partial charge in [-0.2, -0.15) is 0 Å². The van der Waals surface area contributed by atoms with Gasteiger partial charge >= 0.3 is 0 Å². The first kappa shape index (κ1) is 21.4. The van der Waals surface area contributed by atoms with E-state index in [9.17, 15) is 9.59 Å². The van der Waals surface area contributed by atoms with E-state index in [1.807, 2.05) is 38.1 Å². The van der Waals surface area contributed by atoms with Crippen LogP contribution in [0.5, 0.6) is 0 Å². The number of benzene rings is 1. The molecule has 1 heterocycles. The first-order valence-corrected chi connectivity index (χ1v) is 8.60. The molecule has 7 heteroatoms. The van der Waals surface area contributed by atoms with Crippen molar-refractivity contribution in [1.29, 1.82) is 0 Å². The third-order valence-electron chi connectivity index (χ3n) is 4.17. The number of nitrogens with zero attached hydrogens (tertiary/aromatic N) is 1. The lowest BCUT2D eigenvalue weighted by atomic mass is 10.1. The number of ether oxygens (including phenoxy) is 1. The van der Waals surface area contributed by atoms with Gasteiger partial charge in [0.25, 0.3) is 5.91 Å². The fraction of sp³-hybridized carbons (Fsp3) is 0.556. The number of carbonyl (C=O) groups is 2. The van der Waals surface area contributed by atoms with E-state index >= 15 is 0 Å². The van der Waals surface area contributed by atoms with Gasteiger partial charge < -0.3 is 20.3 Å². The molecule has 0 aliphatic carbocycles. The summed E-state index contributed by atoms with van der Waals surface area (Å²) in [5, 5.41) is 6.17. The predicted molar refractivity (Wildman–Crippen MR) is 100 cm³/mol. The van der Waals surface area contributed by atoms with E-state index in [2.05, 4.69) is 10.6 Å². The van der Waals surface area contributed by atoms with Gasteiger partial charge in [0.05, 0.1) is 13.2 Å². The zero-order valence-electron chi connectivity index (χ0n) is 14.9. The number of morpholine rings is 1. The van der Waals surface area contributed by atoms with Crippen molar-refractivity contribution >= 4 is 24.2 Å². The minimum Gasteiger partial charge on any atom is -0.378 e. The van der Waals surface area contributed by atoms with Gasteiger partial charge in [0.1, 0.15) is 0 Å². The highest BCUT2D eigenvalue weighted by Gasteiger charge is 2.16. The van der Waals surface area contributed by atoms with Crippen LogP contribution in [0.4, 0.5) is 0 Å². The molecule has 1 aliphatic rings. The highest BCUT2D eigenvalue weighted by molar-refractivity contribution is 5.94. The lowest BCUT2D eigenvalue weighted by Crippen LogP contribution is -2.44. The first-order chi connectivity index (χ1) is 11.6. The SMILES string of the molecule is CCN(CC)C(=O)c1ccc(CNC(=O)CC2COCCN2)cc1.Cl. The van der Waals surface area contributed by atoms with E-state index in [-0.39, 0.29) is 30.3 Å². The van der Waals surface area contributed by atoms with Crippen LogP contribution < -0.4 is 10.6 Å². The van der Waals surface area contributed by atoms with Gasteiger partial charge in [0.2, 0.25) is 5.91 Å². The van der Waals surface area contributed by atoms with Gasteiger partial charge in [-0.1, -0.05) is 12.1 Å². The van der Waals surface area contributed by atoms with Crippen LogP contribution in [0, 0.1) is 0 Å². The third kappa shape index (κ3) is 6.65. The van der Waals surface area contributed by atoms with E-state index in [0.29, 0.717) is 44.8 Å². The van der Waals surface area contributed by atoms with E-state index in [1.165, 1.54) is 0 Å². The summed E-state index contributed by atoms with van der Waals surface area (Å²) in [7, 11) is 0. The van der Waals surface area contributed by atoms with Crippen molar-refractivity contribution in [3.05, 3.63) is 35.4 Å². The number of carbonyl (C=O) groups excluding carboxylic acids is 2. The Morgan fingerprint density at radius 3 is 2.48 bits per heavy atom. The molecule has 2 N–H and O–H groups in total. The van der Waals surface area contributed by atoms with Gasteiger partial charge in [0.15, 0.2) is 0 Å². The Labute approximate surface area is 155 Å². The number of rotatable bonds is 7. The summed E-state index contributed by atoms with van der Waals surface area (Å²) >= 11 is 0. The Morgan fingerprint density at radius 2 is 1.92 bits per heavy atom. The molecular formula is C18H28ClN3O3. The topological polar surface area (TPSA) is 70.7 Å². The van der Waals surface area contributed by atoms with E-state index in [0.717, 1.165) is 12.1 Å². The summed E-state index contributed by atoms with van der Waals surface area (Å²) in [6.45, 7) is 7.88. The molecule has 2 amide bonds. The molecule has 1 aromatic carbocycles. The second kappa shape index (κ2) is 11.1. The Balaban J connectivity index is 0.00000312. The molecule has 25 heavy (non-hydrogen) atoms. The normalized spacial score (nSPS) is 16.6.